The van der Waals surface area contributed by atoms with Gasteiger partial charge < -0.3 is 10.1 Å². The monoisotopic (exact) mass is 248 g/mol. The number of hydrogen-bond donors (Lipinski definition) is 1. The van der Waals surface area contributed by atoms with Gasteiger partial charge in [-0.05, 0) is 31.5 Å². The summed E-state index contributed by atoms with van der Waals surface area (Å²) in [5.41, 5.74) is 2.73. The Bertz CT molecular complexity index is 350. The van der Waals surface area contributed by atoms with Crippen LogP contribution in [0.3, 0.4) is 0 Å². The highest BCUT2D eigenvalue weighted by atomic mass is 16.5. The van der Waals surface area contributed by atoms with Crippen LogP contribution in [0.15, 0.2) is 24.3 Å². The molecule has 0 aliphatic carbocycles. The highest BCUT2D eigenvalue weighted by Crippen LogP contribution is 2.11. The Morgan fingerprint density at radius 3 is 2.72 bits per heavy atom. The summed E-state index contributed by atoms with van der Waals surface area (Å²) in [5, 5.41) is 3.17. The van der Waals surface area contributed by atoms with Gasteiger partial charge in [0.05, 0.1) is 6.10 Å². The molecule has 1 aromatic carbocycles. The second-order valence-electron chi connectivity index (χ2n) is 5.12. The van der Waals surface area contributed by atoms with E-state index in [4.69, 9.17) is 4.74 Å². The maximum Gasteiger partial charge on any atom is 0.0674 e. The zero-order chi connectivity index (χ0) is 12.8. The second kappa shape index (κ2) is 6.88. The third kappa shape index (κ3) is 4.09. The van der Waals surface area contributed by atoms with Crippen LogP contribution in [0, 0.1) is 0 Å². The lowest BCUT2D eigenvalue weighted by Crippen LogP contribution is -2.29. The average Bonchev–Trinajstić information content (AvgIpc) is 2.56. The molecule has 1 atom stereocenters. The second-order valence-corrected chi connectivity index (χ2v) is 5.12. The van der Waals surface area contributed by atoms with Crippen LogP contribution >= 0.6 is 0 Å². The van der Waals surface area contributed by atoms with Gasteiger partial charge >= 0.3 is 0 Å². The fourth-order valence-corrected chi connectivity index (χ4v) is 2.45. The topological polar surface area (TPSA) is 24.5 Å². The summed E-state index contributed by atoms with van der Waals surface area (Å²) < 4.78 is 5.67. The summed E-state index contributed by atoms with van der Waals surface area (Å²) in [7, 11) is 1.98. The molecule has 0 bridgehead atoms. The maximum atomic E-state index is 5.67. The van der Waals surface area contributed by atoms with E-state index < -0.39 is 0 Å². The lowest BCUT2D eigenvalue weighted by atomic mass is 10.1. The molecule has 100 valence electrons. The largest absolute Gasteiger partial charge is 0.377 e. The quantitative estimate of drug-likeness (QED) is 0.882. The summed E-state index contributed by atoms with van der Waals surface area (Å²) in [6.45, 7) is 7.22. The van der Waals surface area contributed by atoms with Crippen molar-refractivity contribution in [3.05, 3.63) is 35.4 Å². The van der Waals surface area contributed by atoms with Gasteiger partial charge in [0.1, 0.15) is 0 Å². The minimum atomic E-state index is 0.357. The first-order valence-electron chi connectivity index (χ1n) is 6.84. The molecule has 1 aliphatic heterocycles. The fraction of sp³-hybridized carbons (Fsp3) is 0.600. The fourth-order valence-electron chi connectivity index (χ4n) is 2.45. The van der Waals surface area contributed by atoms with Crippen LogP contribution < -0.4 is 5.32 Å². The standard InChI is InChI=1S/C15H24N2O/c1-13-11-17(8-3-9-18-13)12-15-6-4-14(5-7-15)10-16-2/h4-7,13,16H,3,8-12H2,1-2H3. The van der Waals surface area contributed by atoms with Crippen molar-refractivity contribution in [2.75, 3.05) is 26.7 Å². The van der Waals surface area contributed by atoms with Gasteiger partial charge in [-0.2, -0.15) is 0 Å². The van der Waals surface area contributed by atoms with Gasteiger partial charge in [-0.1, -0.05) is 24.3 Å². The summed E-state index contributed by atoms with van der Waals surface area (Å²) in [5.74, 6) is 0. The van der Waals surface area contributed by atoms with E-state index in [1.165, 1.54) is 11.1 Å². The lowest BCUT2D eigenvalue weighted by molar-refractivity contribution is 0.0668. The Balaban J connectivity index is 1.91. The molecule has 0 aromatic heterocycles. The summed E-state index contributed by atoms with van der Waals surface area (Å²) in [4.78, 5) is 2.49. The van der Waals surface area contributed by atoms with Gasteiger partial charge in [-0.15, -0.1) is 0 Å². The van der Waals surface area contributed by atoms with Crippen molar-refractivity contribution >= 4 is 0 Å². The summed E-state index contributed by atoms with van der Waals surface area (Å²) >= 11 is 0. The Labute approximate surface area is 110 Å². The molecular formula is C15H24N2O. The molecule has 0 saturated carbocycles. The van der Waals surface area contributed by atoms with Gasteiger partial charge in [0, 0.05) is 32.8 Å². The first kappa shape index (κ1) is 13.5. The van der Waals surface area contributed by atoms with E-state index in [2.05, 4.69) is 41.4 Å². The molecule has 0 spiro atoms. The SMILES string of the molecule is CNCc1ccc(CN2CCCOC(C)C2)cc1. The number of rotatable bonds is 4. The summed E-state index contributed by atoms with van der Waals surface area (Å²) in [6.07, 6.45) is 1.50. The predicted octanol–water partition coefficient (Wildman–Crippen LogP) is 2.02. The van der Waals surface area contributed by atoms with Gasteiger partial charge in [0.15, 0.2) is 0 Å². The minimum Gasteiger partial charge on any atom is -0.377 e. The number of benzene rings is 1. The highest BCUT2D eigenvalue weighted by molar-refractivity contribution is 5.22. The molecule has 1 fully saturated rings. The molecule has 1 heterocycles. The maximum absolute atomic E-state index is 5.67. The van der Waals surface area contributed by atoms with Crippen LogP contribution in [0.25, 0.3) is 0 Å². The number of nitrogens with zero attached hydrogens (tertiary/aromatic N) is 1. The molecule has 3 nitrogen and oxygen atoms in total. The Hall–Kier alpha value is -0.900. The van der Waals surface area contributed by atoms with Crippen molar-refractivity contribution in [1.29, 1.82) is 0 Å². The Morgan fingerprint density at radius 2 is 2.00 bits per heavy atom. The van der Waals surface area contributed by atoms with Crippen LogP contribution in [0.2, 0.25) is 0 Å². The van der Waals surface area contributed by atoms with Crippen molar-refractivity contribution in [1.82, 2.24) is 10.2 Å². The van der Waals surface area contributed by atoms with Crippen LogP contribution in [-0.4, -0.2) is 37.7 Å². The molecule has 1 unspecified atom stereocenters. The lowest BCUT2D eigenvalue weighted by Gasteiger charge is -2.21. The normalized spacial score (nSPS) is 21.8. The summed E-state index contributed by atoms with van der Waals surface area (Å²) in [6, 6.07) is 8.90. The van der Waals surface area contributed by atoms with Gasteiger partial charge in [0.25, 0.3) is 0 Å². The van der Waals surface area contributed by atoms with Crippen LogP contribution in [0.5, 0.6) is 0 Å². The minimum absolute atomic E-state index is 0.357. The van der Waals surface area contributed by atoms with Crippen LogP contribution in [-0.2, 0) is 17.8 Å². The first-order valence-corrected chi connectivity index (χ1v) is 6.84. The van der Waals surface area contributed by atoms with Gasteiger partial charge in [0.2, 0.25) is 0 Å². The molecule has 18 heavy (non-hydrogen) atoms. The van der Waals surface area contributed by atoms with Crippen LogP contribution in [0.4, 0.5) is 0 Å². The molecule has 0 radical (unpaired) electrons. The number of ether oxygens (including phenoxy) is 1. The molecule has 1 saturated heterocycles. The number of hydrogen-bond acceptors (Lipinski definition) is 3. The molecule has 2 rings (SSSR count). The van der Waals surface area contributed by atoms with E-state index in [1.807, 2.05) is 7.05 Å². The molecule has 1 aliphatic rings. The molecule has 1 N–H and O–H groups in total. The van der Waals surface area contributed by atoms with Crippen LogP contribution in [0.1, 0.15) is 24.5 Å². The smallest absolute Gasteiger partial charge is 0.0674 e. The van der Waals surface area contributed by atoms with Crippen molar-refractivity contribution in [3.63, 3.8) is 0 Å². The zero-order valence-electron chi connectivity index (χ0n) is 11.5. The van der Waals surface area contributed by atoms with E-state index in [9.17, 15) is 0 Å². The third-order valence-corrected chi connectivity index (χ3v) is 3.35. The molecule has 1 aromatic rings. The van der Waals surface area contributed by atoms with Gasteiger partial charge in [-0.3, -0.25) is 4.90 Å². The van der Waals surface area contributed by atoms with Crippen molar-refractivity contribution in [3.8, 4) is 0 Å². The van der Waals surface area contributed by atoms with Crippen molar-refractivity contribution in [2.45, 2.75) is 32.5 Å². The predicted molar refractivity (Wildman–Crippen MR) is 74.5 cm³/mol. The highest BCUT2D eigenvalue weighted by Gasteiger charge is 2.14. The molecule has 0 amide bonds. The first-order chi connectivity index (χ1) is 8.78. The van der Waals surface area contributed by atoms with Gasteiger partial charge in [-0.25, -0.2) is 0 Å². The third-order valence-electron chi connectivity index (χ3n) is 3.35. The van der Waals surface area contributed by atoms with E-state index >= 15 is 0 Å². The van der Waals surface area contributed by atoms with E-state index in [-0.39, 0.29) is 0 Å². The zero-order valence-corrected chi connectivity index (χ0v) is 11.5. The Kier molecular flexibility index (Phi) is 5.17. The van der Waals surface area contributed by atoms with Crippen molar-refractivity contribution < 1.29 is 4.74 Å². The molecule has 3 heteroatoms. The van der Waals surface area contributed by atoms with E-state index in [1.54, 1.807) is 0 Å². The molecular weight excluding hydrogens is 224 g/mol. The number of nitrogens with one attached hydrogen (secondary N) is 1. The average molecular weight is 248 g/mol. The van der Waals surface area contributed by atoms with E-state index in [0.29, 0.717) is 6.10 Å². The van der Waals surface area contributed by atoms with Crippen molar-refractivity contribution in [2.24, 2.45) is 0 Å². The van der Waals surface area contributed by atoms with E-state index in [0.717, 1.165) is 39.2 Å². The Morgan fingerprint density at radius 1 is 1.28 bits per heavy atom.